The van der Waals surface area contributed by atoms with Gasteiger partial charge >= 0.3 is 0 Å². The molecule has 1 aromatic rings. The number of ether oxygens (including phenoxy) is 1. The highest BCUT2D eigenvalue weighted by molar-refractivity contribution is 7.85. The van der Waals surface area contributed by atoms with Crippen LogP contribution in [0.3, 0.4) is 0 Å². The molecule has 1 aliphatic heterocycles. The number of hydrogen-bond acceptors (Lipinski definition) is 3. The largest absolute Gasteiger partial charge is 0.398 e. The van der Waals surface area contributed by atoms with Crippen molar-refractivity contribution in [3.63, 3.8) is 0 Å². The van der Waals surface area contributed by atoms with E-state index in [0.717, 1.165) is 25.9 Å². The second-order valence-electron chi connectivity index (χ2n) is 4.18. The molecule has 94 valence electrons. The second-order valence-corrected chi connectivity index (χ2v) is 5.65. The van der Waals surface area contributed by atoms with Crippen molar-refractivity contribution in [2.45, 2.75) is 30.3 Å². The van der Waals surface area contributed by atoms with Crippen LogP contribution in [0.25, 0.3) is 0 Å². The predicted octanol–water partition coefficient (Wildman–Crippen LogP) is 2.08. The summed E-state index contributed by atoms with van der Waals surface area (Å²) in [5.74, 6) is 0.0349. The smallest absolute Gasteiger partial charge is 0.125 e. The summed E-state index contributed by atoms with van der Waals surface area (Å²) in [4.78, 5) is 0.501. The van der Waals surface area contributed by atoms with Crippen LogP contribution in [0.1, 0.15) is 19.3 Å². The Balaban J connectivity index is 2.03. The van der Waals surface area contributed by atoms with E-state index in [1.807, 2.05) is 0 Å². The molecule has 2 N–H and O–H groups in total. The fourth-order valence-electron chi connectivity index (χ4n) is 1.92. The highest BCUT2D eigenvalue weighted by atomic mass is 32.2. The van der Waals surface area contributed by atoms with Crippen molar-refractivity contribution in [3.8, 4) is 0 Å². The molecule has 1 heterocycles. The average Bonchev–Trinajstić information content (AvgIpc) is 2.30. The molecule has 0 bridgehead atoms. The Labute approximate surface area is 103 Å². The third-order valence-corrected chi connectivity index (χ3v) is 4.37. The summed E-state index contributed by atoms with van der Waals surface area (Å²) in [6, 6.07) is 3.98. The van der Waals surface area contributed by atoms with Gasteiger partial charge in [-0.3, -0.25) is 4.21 Å². The zero-order valence-corrected chi connectivity index (χ0v) is 10.3. The van der Waals surface area contributed by atoms with Crippen LogP contribution < -0.4 is 5.73 Å². The van der Waals surface area contributed by atoms with E-state index in [0.29, 0.717) is 10.6 Å². The number of nitrogens with two attached hydrogens (primary N) is 1. The number of anilines is 1. The second kappa shape index (κ2) is 5.60. The van der Waals surface area contributed by atoms with Gasteiger partial charge in [-0.1, -0.05) is 0 Å². The van der Waals surface area contributed by atoms with Crippen LogP contribution in [0.4, 0.5) is 10.1 Å². The monoisotopic (exact) mass is 257 g/mol. The first kappa shape index (κ1) is 12.5. The maximum atomic E-state index is 12.9. The van der Waals surface area contributed by atoms with Gasteiger partial charge in [0.25, 0.3) is 0 Å². The van der Waals surface area contributed by atoms with Crippen LogP contribution in [0.15, 0.2) is 23.1 Å². The van der Waals surface area contributed by atoms with Crippen LogP contribution in [-0.4, -0.2) is 22.7 Å². The van der Waals surface area contributed by atoms with Gasteiger partial charge in [-0.25, -0.2) is 4.39 Å². The van der Waals surface area contributed by atoms with E-state index in [1.54, 1.807) is 0 Å². The number of halogens is 1. The van der Waals surface area contributed by atoms with E-state index in [1.165, 1.54) is 18.2 Å². The molecule has 1 fully saturated rings. The van der Waals surface area contributed by atoms with Gasteiger partial charge in [0.2, 0.25) is 0 Å². The van der Waals surface area contributed by atoms with E-state index in [2.05, 4.69) is 0 Å². The van der Waals surface area contributed by atoms with Crippen molar-refractivity contribution in [2.75, 3.05) is 18.1 Å². The zero-order valence-electron chi connectivity index (χ0n) is 9.52. The molecule has 0 spiro atoms. The third kappa shape index (κ3) is 3.26. The third-order valence-electron chi connectivity index (χ3n) is 2.83. The van der Waals surface area contributed by atoms with E-state index < -0.39 is 16.6 Å². The summed E-state index contributed by atoms with van der Waals surface area (Å²) in [6.45, 7) is 0.737. The SMILES string of the molecule is Nc1cc(F)ccc1S(=O)CC1CCCCO1. The molecule has 2 atom stereocenters. The Bertz CT molecular complexity index is 419. The summed E-state index contributed by atoms with van der Waals surface area (Å²) in [7, 11) is -1.22. The Hall–Kier alpha value is -0.940. The lowest BCUT2D eigenvalue weighted by Crippen LogP contribution is -2.25. The highest BCUT2D eigenvalue weighted by Gasteiger charge is 2.19. The molecule has 1 aromatic carbocycles. The van der Waals surface area contributed by atoms with Crippen LogP contribution in [0.5, 0.6) is 0 Å². The molecule has 0 aromatic heterocycles. The van der Waals surface area contributed by atoms with Crippen molar-refractivity contribution < 1.29 is 13.3 Å². The minimum absolute atomic E-state index is 0.0361. The zero-order chi connectivity index (χ0) is 12.3. The minimum Gasteiger partial charge on any atom is -0.398 e. The molecular formula is C12H16FNO2S. The summed E-state index contributed by atoms with van der Waals surface area (Å²) in [5, 5.41) is 0. The standard InChI is InChI=1S/C12H16FNO2S/c13-9-4-5-12(11(14)7-9)17(15)8-10-3-1-2-6-16-10/h4-5,7,10H,1-3,6,8,14H2. The maximum absolute atomic E-state index is 12.9. The first-order valence-corrected chi connectivity index (χ1v) is 7.03. The first-order valence-electron chi connectivity index (χ1n) is 5.72. The maximum Gasteiger partial charge on any atom is 0.125 e. The molecule has 2 rings (SSSR count). The van der Waals surface area contributed by atoms with E-state index in [4.69, 9.17) is 10.5 Å². The molecule has 17 heavy (non-hydrogen) atoms. The number of hydrogen-bond donors (Lipinski definition) is 1. The number of rotatable bonds is 3. The van der Waals surface area contributed by atoms with E-state index in [-0.39, 0.29) is 11.8 Å². The van der Waals surface area contributed by atoms with Crippen LogP contribution in [0, 0.1) is 5.82 Å². The van der Waals surface area contributed by atoms with Crippen molar-refractivity contribution in [3.05, 3.63) is 24.0 Å². The summed E-state index contributed by atoms with van der Waals surface area (Å²) in [6.07, 6.45) is 3.16. The average molecular weight is 257 g/mol. The van der Waals surface area contributed by atoms with Gasteiger partial charge in [-0.05, 0) is 37.5 Å². The summed E-state index contributed by atoms with van der Waals surface area (Å²) >= 11 is 0. The fourth-order valence-corrected chi connectivity index (χ4v) is 3.25. The van der Waals surface area contributed by atoms with Gasteiger partial charge in [0.1, 0.15) is 5.82 Å². The van der Waals surface area contributed by atoms with Crippen LogP contribution in [0.2, 0.25) is 0 Å². The lowest BCUT2D eigenvalue weighted by atomic mass is 10.1. The van der Waals surface area contributed by atoms with Gasteiger partial charge in [0.15, 0.2) is 0 Å². The molecule has 3 nitrogen and oxygen atoms in total. The van der Waals surface area contributed by atoms with E-state index >= 15 is 0 Å². The molecule has 0 aliphatic carbocycles. The van der Waals surface area contributed by atoms with Gasteiger partial charge in [-0.15, -0.1) is 0 Å². The predicted molar refractivity (Wildman–Crippen MR) is 65.7 cm³/mol. The Morgan fingerprint density at radius 1 is 1.47 bits per heavy atom. The van der Waals surface area contributed by atoms with Gasteiger partial charge in [-0.2, -0.15) is 0 Å². The minimum atomic E-state index is -1.22. The lowest BCUT2D eigenvalue weighted by Gasteiger charge is -2.22. The van der Waals surface area contributed by atoms with Gasteiger partial charge < -0.3 is 10.5 Å². The number of nitrogen functional groups attached to an aromatic ring is 1. The quantitative estimate of drug-likeness (QED) is 0.843. The fraction of sp³-hybridized carbons (Fsp3) is 0.500. The van der Waals surface area contributed by atoms with Gasteiger partial charge in [0, 0.05) is 6.61 Å². The molecule has 5 heteroatoms. The van der Waals surface area contributed by atoms with Crippen LogP contribution >= 0.6 is 0 Å². The molecule has 1 saturated heterocycles. The van der Waals surface area contributed by atoms with Crippen molar-refractivity contribution >= 4 is 16.5 Å². The van der Waals surface area contributed by atoms with Crippen molar-refractivity contribution in [1.29, 1.82) is 0 Å². The highest BCUT2D eigenvalue weighted by Crippen LogP contribution is 2.21. The lowest BCUT2D eigenvalue weighted by molar-refractivity contribution is 0.0310. The topological polar surface area (TPSA) is 52.3 Å². The van der Waals surface area contributed by atoms with Gasteiger partial charge in [0.05, 0.1) is 33.2 Å². The van der Waals surface area contributed by atoms with Crippen LogP contribution in [-0.2, 0) is 15.5 Å². The molecule has 0 amide bonds. The van der Waals surface area contributed by atoms with Crippen molar-refractivity contribution in [1.82, 2.24) is 0 Å². The summed E-state index contributed by atoms with van der Waals surface area (Å²) in [5.41, 5.74) is 5.90. The molecule has 0 radical (unpaired) electrons. The summed E-state index contributed by atoms with van der Waals surface area (Å²) < 4.78 is 30.5. The molecule has 1 aliphatic rings. The molecule has 2 unspecified atom stereocenters. The van der Waals surface area contributed by atoms with E-state index in [9.17, 15) is 8.60 Å². The Morgan fingerprint density at radius 2 is 2.29 bits per heavy atom. The first-order chi connectivity index (χ1) is 8.16. The van der Waals surface area contributed by atoms with Crippen molar-refractivity contribution in [2.24, 2.45) is 0 Å². The number of benzene rings is 1. The molecule has 0 saturated carbocycles. The Morgan fingerprint density at radius 3 is 2.94 bits per heavy atom. The Kier molecular flexibility index (Phi) is 4.12. The normalized spacial score (nSPS) is 22.3. The molecular weight excluding hydrogens is 241 g/mol.